The van der Waals surface area contributed by atoms with Gasteiger partial charge in [-0.3, -0.25) is 14.5 Å². The number of carbonyl (C=O) groups is 2. The summed E-state index contributed by atoms with van der Waals surface area (Å²) >= 11 is 0. The minimum absolute atomic E-state index is 0. The molecule has 1 aromatic carbocycles. The van der Waals surface area contributed by atoms with Crippen LogP contribution in [0, 0.1) is 0 Å². The van der Waals surface area contributed by atoms with Crippen molar-refractivity contribution in [1.29, 1.82) is 0 Å². The summed E-state index contributed by atoms with van der Waals surface area (Å²) in [5.41, 5.74) is 1.53. The largest absolute Gasteiger partial charge is 0.497 e. The van der Waals surface area contributed by atoms with Crippen LogP contribution in [0.2, 0.25) is 0 Å². The van der Waals surface area contributed by atoms with Crippen LogP contribution in [0.4, 0.5) is 0 Å². The molecule has 0 bridgehead atoms. The maximum Gasteiger partial charge on any atom is 0.240 e. The van der Waals surface area contributed by atoms with Crippen molar-refractivity contribution in [3.63, 3.8) is 0 Å². The fourth-order valence-corrected chi connectivity index (χ4v) is 4.86. The predicted octanol–water partition coefficient (Wildman–Crippen LogP) is 3.57. The molecule has 0 radical (unpaired) electrons. The molecule has 0 N–H and O–H groups in total. The molecule has 5 nitrogen and oxygen atoms in total. The van der Waals surface area contributed by atoms with E-state index in [1.54, 1.807) is 7.11 Å². The molecule has 1 heterocycles. The second kappa shape index (κ2) is 9.27. The highest BCUT2D eigenvalue weighted by Crippen LogP contribution is 2.46. The van der Waals surface area contributed by atoms with Gasteiger partial charge >= 0.3 is 0 Å². The summed E-state index contributed by atoms with van der Waals surface area (Å²) in [6.07, 6.45) is 3.77. The molecule has 28 heavy (non-hydrogen) atoms. The third-order valence-electron chi connectivity index (χ3n) is 6.49. The summed E-state index contributed by atoms with van der Waals surface area (Å²) in [5, 5.41) is 0. The number of rotatable bonds is 7. The maximum atomic E-state index is 13.4. The number of nitrogens with zero attached hydrogens (tertiary/aromatic N) is 2. The van der Waals surface area contributed by atoms with Gasteiger partial charge in [0, 0.05) is 19.0 Å². The van der Waals surface area contributed by atoms with E-state index in [1.165, 1.54) is 4.90 Å². The molecule has 1 aliphatic carbocycles. The number of amides is 2. The lowest BCUT2D eigenvalue weighted by atomic mass is 9.69. The summed E-state index contributed by atoms with van der Waals surface area (Å²) in [5.74, 6) is 0.799. The Kier molecular flexibility index (Phi) is 7.52. The molecule has 1 saturated heterocycles. The van der Waals surface area contributed by atoms with E-state index in [9.17, 15) is 9.59 Å². The average Bonchev–Trinajstić information content (AvgIpc) is 2.91. The Hall–Kier alpha value is -1.59. The van der Waals surface area contributed by atoms with Crippen LogP contribution >= 0.6 is 12.4 Å². The van der Waals surface area contributed by atoms with Crippen LogP contribution in [0.15, 0.2) is 18.2 Å². The first kappa shape index (κ1) is 22.7. The number of ether oxygens (including phenoxy) is 1. The molecule has 1 aromatic rings. The van der Waals surface area contributed by atoms with Crippen molar-refractivity contribution in [2.75, 3.05) is 26.7 Å². The van der Waals surface area contributed by atoms with E-state index in [0.29, 0.717) is 19.0 Å². The zero-order chi connectivity index (χ0) is 19.6. The number of fused-ring (bicyclic) bond motifs is 2. The maximum absolute atomic E-state index is 13.4. The molecular formula is C22H33ClN2O3. The summed E-state index contributed by atoms with van der Waals surface area (Å²) in [4.78, 5) is 30.1. The van der Waals surface area contributed by atoms with Gasteiger partial charge in [0.25, 0.3) is 0 Å². The van der Waals surface area contributed by atoms with Gasteiger partial charge in [0.1, 0.15) is 5.75 Å². The standard InChI is InChI=1S/C22H32N2O3.ClH/c1-5-23(6-2)16(3)11-13-24-20(25)15-22(21(24)26)12-7-8-17-14-18(27-4)9-10-19(17)22;/h9-10,14,16H,5-8,11-13,15H2,1-4H3;1H. The number of aryl methyl sites for hydroxylation is 1. The van der Waals surface area contributed by atoms with Gasteiger partial charge in [-0.05, 0) is 69.0 Å². The molecule has 1 aliphatic heterocycles. The van der Waals surface area contributed by atoms with Crippen LogP contribution in [0.5, 0.6) is 5.75 Å². The zero-order valence-electron chi connectivity index (χ0n) is 17.5. The van der Waals surface area contributed by atoms with Crippen LogP contribution in [-0.4, -0.2) is 54.4 Å². The van der Waals surface area contributed by atoms with Gasteiger partial charge in [-0.1, -0.05) is 19.9 Å². The lowest BCUT2D eigenvalue weighted by Crippen LogP contribution is -2.42. The van der Waals surface area contributed by atoms with E-state index in [2.05, 4.69) is 25.7 Å². The Balaban J connectivity index is 0.00000280. The fraction of sp³-hybridized carbons (Fsp3) is 0.636. The number of methoxy groups -OCH3 is 1. The van der Waals surface area contributed by atoms with Crippen molar-refractivity contribution in [1.82, 2.24) is 9.80 Å². The lowest BCUT2D eigenvalue weighted by molar-refractivity contribution is -0.140. The number of carbonyl (C=O) groups excluding carboxylic acids is 2. The number of imide groups is 1. The fourth-order valence-electron chi connectivity index (χ4n) is 4.86. The number of halogens is 1. The van der Waals surface area contributed by atoms with Gasteiger partial charge in [-0.2, -0.15) is 0 Å². The summed E-state index contributed by atoms with van der Waals surface area (Å²) in [7, 11) is 1.66. The molecular weight excluding hydrogens is 376 g/mol. The molecule has 2 aliphatic rings. The lowest BCUT2D eigenvalue weighted by Gasteiger charge is -2.34. The van der Waals surface area contributed by atoms with E-state index in [4.69, 9.17) is 4.74 Å². The third-order valence-corrected chi connectivity index (χ3v) is 6.49. The number of hydrogen-bond acceptors (Lipinski definition) is 4. The zero-order valence-corrected chi connectivity index (χ0v) is 18.3. The molecule has 6 heteroatoms. The minimum atomic E-state index is -0.657. The van der Waals surface area contributed by atoms with Crippen LogP contribution in [-0.2, 0) is 21.4 Å². The average molecular weight is 409 g/mol. The predicted molar refractivity (Wildman–Crippen MR) is 113 cm³/mol. The summed E-state index contributed by atoms with van der Waals surface area (Å²) in [6, 6.07) is 6.30. The quantitative estimate of drug-likeness (QED) is 0.647. The molecule has 156 valence electrons. The van der Waals surface area contributed by atoms with Crippen molar-refractivity contribution in [3.05, 3.63) is 29.3 Å². The topological polar surface area (TPSA) is 49.9 Å². The molecule has 2 unspecified atom stereocenters. The Morgan fingerprint density at radius 3 is 2.61 bits per heavy atom. The van der Waals surface area contributed by atoms with Gasteiger partial charge in [0.2, 0.25) is 11.8 Å². The van der Waals surface area contributed by atoms with Gasteiger partial charge in [0.05, 0.1) is 12.5 Å². The van der Waals surface area contributed by atoms with Crippen molar-refractivity contribution in [2.24, 2.45) is 0 Å². The van der Waals surface area contributed by atoms with Gasteiger partial charge in [-0.15, -0.1) is 12.4 Å². The smallest absolute Gasteiger partial charge is 0.240 e. The van der Waals surface area contributed by atoms with Gasteiger partial charge < -0.3 is 9.64 Å². The molecule has 0 aromatic heterocycles. The monoisotopic (exact) mass is 408 g/mol. The highest BCUT2D eigenvalue weighted by molar-refractivity contribution is 6.09. The first-order chi connectivity index (χ1) is 13.0. The Morgan fingerprint density at radius 1 is 1.25 bits per heavy atom. The van der Waals surface area contributed by atoms with E-state index in [1.807, 2.05) is 18.2 Å². The van der Waals surface area contributed by atoms with E-state index >= 15 is 0 Å². The summed E-state index contributed by atoms with van der Waals surface area (Å²) in [6.45, 7) is 8.96. The van der Waals surface area contributed by atoms with Crippen molar-refractivity contribution >= 4 is 24.2 Å². The third kappa shape index (κ3) is 3.92. The van der Waals surface area contributed by atoms with Crippen molar-refractivity contribution in [3.8, 4) is 5.75 Å². The Bertz CT molecular complexity index is 720. The number of hydrogen-bond donors (Lipinski definition) is 0. The normalized spacial score (nSPS) is 22.4. The van der Waals surface area contributed by atoms with Crippen LogP contribution < -0.4 is 4.74 Å². The Labute approximate surface area is 174 Å². The number of likely N-dealkylation sites (tertiary alicyclic amines) is 1. The van der Waals surface area contributed by atoms with Gasteiger partial charge in [0.15, 0.2) is 0 Å². The van der Waals surface area contributed by atoms with Crippen LogP contribution in [0.1, 0.15) is 57.6 Å². The highest BCUT2D eigenvalue weighted by atomic mass is 35.5. The van der Waals surface area contributed by atoms with Crippen molar-refractivity contribution < 1.29 is 14.3 Å². The first-order valence-electron chi connectivity index (χ1n) is 10.2. The molecule has 1 spiro atoms. The van der Waals surface area contributed by atoms with Crippen molar-refractivity contribution in [2.45, 2.75) is 64.3 Å². The Morgan fingerprint density at radius 2 is 1.96 bits per heavy atom. The molecule has 2 amide bonds. The van der Waals surface area contributed by atoms with Crippen LogP contribution in [0.25, 0.3) is 0 Å². The van der Waals surface area contributed by atoms with E-state index in [-0.39, 0.29) is 24.2 Å². The molecule has 1 fully saturated rings. The molecule has 2 atom stereocenters. The second-order valence-electron chi connectivity index (χ2n) is 7.84. The summed E-state index contributed by atoms with van der Waals surface area (Å²) < 4.78 is 5.34. The van der Waals surface area contributed by atoms with Crippen LogP contribution in [0.3, 0.4) is 0 Å². The SMILES string of the molecule is CCN(CC)C(C)CCN1C(=O)CC2(CCCc3cc(OC)ccc32)C1=O.Cl. The number of benzene rings is 1. The highest BCUT2D eigenvalue weighted by Gasteiger charge is 2.53. The molecule has 0 saturated carbocycles. The van der Waals surface area contributed by atoms with E-state index in [0.717, 1.165) is 55.6 Å². The second-order valence-corrected chi connectivity index (χ2v) is 7.84. The van der Waals surface area contributed by atoms with Gasteiger partial charge in [-0.25, -0.2) is 0 Å². The minimum Gasteiger partial charge on any atom is -0.497 e. The first-order valence-corrected chi connectivity index (χ1v) is 10.2. The van der Waals surface area contributed by atoms with E-state index < -0.39 is 5.41 Å². The molecule has 3 rings (SSSR count).